The summed E-state index contributed by atoms with van der Waals surface area (Å²) in [5.74, 6) is 0.0693. The summed E-state index contributed by atoms with van der Waals surface area (Å²) in [5.41, 5.74) is 4.89. The largest absolute Gasteiger partial charge is 0.416 e. The van der Waals surface area contributed by atoms with Gasteiger partial charge in [0, 0.05) is 18.8 Å². The smallest absolute Gasteiger partial charge is 0.398 e. The molecule has 1 aromatic rings. The molecule has 2 rings (SSSR count). The Morgan fingerprint density at radius 3 is 2.57 bits per heavy atom. The van der Waals surface area contributed by atoms with Gasteiger partial charge < -0.3 is 10.6 Å². The first-order chi connectivity index (χ1) is 9.82. The molecule has 0 spiro atoms. The minimum absolute atomic E-state index is 0.0566. The van der Waals surface area contributed by atoms with Crippen LogP contribution in [0.5, 0.6) is 0 Å². The summed E-state index contributed by atoms with van der Waals surface area (Å²) in [6, 6.07) is 2.90. The number of rotatable bonds is 5. The van der Waals surface area contributed by atoms with Crippen LogP contribution in [0, 0.1) is 5.92 Å². The van der Waals surface area contributed by atoms with Crippen LogP contribution in [0.3, 0.4) is 0 Å². The number of anilines is 1. The van der Waals surface area contributed by atoms with Gasteiger partial charge in [-0.3, -0.25) is 4.79 Å². The van der Waals surface area contributed by atoms with Gasteiger partial charge in [0.05, 0.1) is 11.1 Å². The predicted octanol–water partition coefficient (Wildman–Crippen LogP) is 3.55. The second-order valence-electron chi connectivity index (χ2n) is 5.49. The molecule has 21 heavy (non-hydrogen) atoms. The van der Waals surface area contributed by atoms with Crippen molar-refractivity contribution in [2.45, 2.75) is 32.4 Å². The minimum Gasteiger partial charge on any atom is -0.398 e. The van der Waals surface area contributed by atoms with E-state index >= 15 is 0 Å². The molecular formula is C15H19F3N2O. The monoisotopic (exact) mass is 300 g/mol. The van der Waals surface area contributed by atoms with Crippen LogP contribution >= 0.6 is 0 Å². The number of benzene rings is 1. The van der Waals surface area contributed by atoms with Gasteiger partial charge in [-0.15, -0.1) is 0 Å². The summed E-state index contributed by atoms with van der Waals surface area (Å²) < 4.78 is 38.3. The first kappa shape index (κ1) is 15.7. The number of hydrogen-bond donors (Lipinski definition) is 1. The summed E-state index contributed by atoms with van der Waals surface area (Å²) in [7, 11) is 0. The highest BCUT2D eigenvalue weighted by Crippen LogP contribution is 2.33. The number of nitrogens with two attached hydrogens (primary N) is 1. The second-order valence-corrected chi connectivity index (χ2v) is 5.49. The zero-order valence-electron chi connectivity index (χ0n) is 11.9. The fourth-order valence-electron chi connectivity index (χ4n) is 2.25. The lowest BCUT2D eigenvalue weighted by Crippen LogP contribution is -2.34. The summed E-state index contributed by atoms with van der Waals surface area (Å²) in [4.78, 5) is 14.1. The maximum atomic E-state index is 12.8. The number of nitrogen functional groups attached to an aromatic ring is 1. The van der Waals surface area contributed by atoms with E-state index in [1.54, 1.807) is 4.90 Å². The number of carbonyl (C=O) groups excluding carboxylic acids is 1. The number of halogens is 3. The Kier molecular flexibility index (Phi) is 4.44. The zero-order valence-corrected chi connectivity index (χ0v) is 11.9. The molecule has 0 unspecified atom stereocenters. The third-order valence-electron chi connectivity index (χ3n) is 3.57. The summed E-state index contributed by atoms with van der Waals surface area (Å²) in [6.45, 7) is 3.07. The number of nitrogens with zero attached hydrogens (tertiary/aromatic N) is 1. The predicted molar refractivity (Wildman–Crippen MR) is 74.8 cm³/mol. The molecule has 2 N–H and O–H groups in total. The Morgan fingerprint density at radius 1 is 1.38 bits per heavy atom. The van der Waals surface area contributed by atoms with Crippen molar-refractivity contribution < 1.29 is 18.0 Å². The fourth-order valence-corrected chi connectivity index (χ4v) is 2.25. The highest BCUT2D eigenvalue weighted by atomic mass is 19.4. The van der Waals surface area contributed by atoms with Gasteiger partial charge in [-0.25, -0.2) is 0 Å². The maximum Gasteiger partial charge on any atom is 0.416 e. The second kappa shape index (κ2) is 5.95. The molecule has 0 radical (unpaired) electrons. The van der Waals surface area contributed by atoms with E-state index in [4.69, 9.17) is 5.73 Å². The number of hydrogen-bond acceptors (Lipinski definition) is 2. The van der Waals surface area contributed by atoms with E-state index in [2.05, 4.69) is 0 Å². The Morgan fingerprint density at radius 2 is 2.05 bits per heavy atom. The zero-order chi connectivity index (χ0) is 15.6. The van der Waals surface area contributed by atoms with Crippen LogP contribution in [0.15, 0.2) is 18.2 Å². The molecule has 0 aliphatic heterocycles. The average Bonchev–Trinajstić information content (AvgIpc) is 3.20. The van der Waals surface area contributed by atoms with Gasteiger partial charge in [-0.05, 0) is 43.4 Å². The fraction of sp³-hybridized carbons (Fsp3) is 0.533. The Bertz CT molecular complexity index is 524. The van der Waals surface area contributed by atoms with E-state index in [1.807, 2.05) is 6.92 Å². The highest BCUT2D eigenvalue weighted by Gasteiger charge is 2.33. The molecule has 0 atom stereocenters. The van der Waals surface area contributed by atoms with E-state index in [0.717, 1.165) is 37.5 Å². The van der Waals surface area contributed by atoms with Crippen molar-refractivity contribution >= 4 is 11.6 Å². The molecule has 0 saturated heterocycles. The summed E-state index contributed by atoms with van der Waals surface area (Å²) in [5, 5.41) is 0. The van der Waals surface area contributed by atoms with E-state index < -0.39 is 17.6 Å². The molecule has 1 fully saturated rings. The SMILES string of the molecule is CCCN(CC1CC1)C(=O)c1cc(C(F)(F)F)ccc1N. The van der Waals surface area contributed by atoms with E-state index in [9.17, 15) is 18.0 Å². The topological polar surface area (TPSA) is 46.3 Å². The molecule has 3 nitrogen and oxygen atoms in total. The van der Waals surface area contributed by atoms with Crippen LogP contribution in [-0.2, 0) is 6.18 Å². The van der Waals surface area contributed by atoms with E-state index in [0.29, 0.717) is 19.0 Å². The first-order valence-electron chi connectivity index (χ1n) is 7.09. The molecule has 1 aromatic carbocycles. The molecule has 1 aliphatic rings. The lowest BCUT2D eigenvalue weighted by Gasteiger charge is -2.23. The van der Waals surface area contributed by atoms with Crippen molar-refractivity contribution in [1.29, 1.82) is 0 Å². The maximum absolute atomic E-state index is 12.8. The van der Waals surface area contributed by atoms with Gasteiger partial charge in [0.25, 0.3) is 5.91 Å². The van der Waals surface area contributed by atoms with Crippen molar-refractivity contribution in [3.63, 3.8) is 0 Å². The third-order valence-corrected chi connectivity index (χ3v) is 3.57. The van der Waals surface area contributed by atoms with Crippen LogP contribution in [0.4, 0.5) is 18.9 Å². The van der Waals surface area contributed by atoms with Gasteiger partial charge in [-0.2, -0.15) is 13.2 Å². The standard InChI is InChI=1S/C15H19F3N2O/c1-2-7-20(9-10-3-4-10)14(21)12-8-11(15(16,17)18)5-6-13(12)19/h5-6,8,10H,2-4,7,9,19H2,1H3. The molecular weight excluding hydrogens is 281 g/mol. The highest BCUT2D eigenvalue weighted by molar-refractivity contribution is 5.99. The van der Waals surface area contributed by atoms with Gasteiger partial charge in [0.15, 0.2) is 0 Å². The molecule has 0 aromatic heterocycles. The molecule has 0 heterocycles. The lowest BCUT2D eigenvalue weighted by atomic mass is 10.1. The molecule has 1 saturated carbocycles. The first-order valence-corrected chi connectivity index (χ1v) is 7.09. The third kappa shape index (κ3) is 3.89. The Balaban J connectivity index is 2.26. The van der Waals surface area contributed by atoms with Crippen molar-refractivity contribution in [1.82, 2.24) is 4.90 Å². The molecule has 6 heteroatoms. The minimum atomic E-state index is -4.48. The van der Waals surface area contributed by atoms with Crippen LogP contribution in [-0.4, -0.2) is 23.9 Å². The van der Waals surface area contributed by atoms with Gasteiger partial charge in [-0.1, -0.05) is 6.92 Å². The van der Waals surface area contributed by atoms with Crippen LogP contribution in [0.2, 0.25) is 0 Å². The Labute approximate surface area is 121 Å². The lowest BCUT2D eigenvalue weighted by molar-refractivity contribution is -0.137. The van der Waals surface area contributed by atoms with Crippen LogP contribution in [0.25, 0.3) is 0 Å². The molecule has 1 amide bonds. The van der Waals surface area contributed by atoms with Crippen molar-refractivity contribution in [3.05, 3.63) is 29.3 Å². The van der Waals surface area contributed by atoms with Crippen molar-refractivity contribution in [3.8, 4) is 0 Å². The van der Waals surface area contributed by atoms with E-state index in [-0.39, 0.29) is 11.3 Å². The van der Waals surface area contributed by atoms with Crippen LogP contribution < -0.4 is 5.73 Å². The van der Waals surface area contributed by atoms with Gasteiger partial charge >= 0.3 is 6.18 Å². The van der Waals surface area contributed by atoms with Gasteiger partial charge in [0.2, 0.25) is 0 Å². The molecule has 1 aliphatic carbocycles. The molecule has 116 valence electrons. The summed E-state index contributed by atoms with van der Waals surface area (Å²) >= 11 is 0. The van der Waals surface area contributed by atoms with Crippen LogP contribution in [0.1, 0.15) is 42.1 Å². The van der Waals surface area contributed by atoms with Crippen molar-refractivity contribution in [2.75, 3.05) is 18.8 Å². The number of amides is 1. The average molecular weight is 300 g/mol. The molecule has 0 bridgehead atoms. The summed E-state index contributed by atoms with van der Waals surface area (Å²) in [6.07, 6.45) is -1.57. The number of alkyl halides is 3. The Hall–Kier alpha value is -1.72. The number of carbonyl (C=O) groups is 1. The van der Waals surface area contributed by atoms with Crippen molar-refractivity contribution in [2.24, 2.45) is 5.92 Å². The quantitative estimate of drug-likeness (QED) is 0.845. The van der Waals surface area contributed by atoms with Gasteiger partial charge in [0.1, 0.15) is 0 Å². The normalized spacial score (nSPS) is 15.0. The van der Waals surface area contributed by atoms with E-state index in [1.165, 1.54) is 0 Å².